The van der Waals surface area contributed by atoms with E-state index in [1.807, 2.05) is 44.2 Å². The number of carbonyl (C=O) groups is 1. The molecule has 1 amide bonds. The third-order valence-corrected chi connectivity index (χ3v) is 5.38. The van der Waals surface area contributed by atoms with Crippen LogP contribution in [-0.2, 0) is 17.0 Å². The molecule has 29 heavy (non-hydrogen) atoms. The van der Waals surface area contributed by atoms with Crippen LogP contribution in [0.15, 0.2) is 58.5 Å². The van der Waals surface area contributed by atoms with Gasteiger partial charge in [0, 0.05) is 24.5 Å². The molecule has 0 aliphatic rings. The zero-order valence-corrected chi connectivity index (χ0v) is 17.7. The molecule has 0 aliphatic heterocycles. The summed E-state index contributed by atoms with van der Waals surface area (Å²) in [5.74, 6) is 0.519. The average Bonchev–Trinajstić information content (AvgIpc) is 2.71. The van der Waals surface area contributed by atoms with Gasteiger partial charge >= 0.3 is 0 Å². The first-order valence-electron chi connectivity index (χ1n) is 9.50. The summed E-state index contributed by atoms with van der Waals surface area (Å²) >= 11 is 1.50. The second-order valence-corrected chi connectivity index (χ2v) is 7.92. The maximum absolute atomic E-state index is 13.1. The van der Waals surface area contributed by atoms with E-state index >= 15 is 0 Å². The van der Waals surface area contributed by atoms with Gasteiger partial charge in [0.2, 0.25) is 0 Å². The molecule has 0 atom stereocenters. The highest BCUT2D eigenvalue weighted by Crippen LogP contribution is 2.22. The number of benzene rings is 2. The molecule has 3 aromatic rings. The Labute approximate surface area is 174 Å². The second kappa shape index (κ2) is 9.71. The van der Waals surface area contributed by atoms with Crippen molar-refractivity contribution in [3.05, 3.63) is 70.0 Å². The van der Waals surface area contributed by atoms with Crippen molar-refractivity contribution in [3.8, 4) is 0 Å². The monoisotopic (exact) mass is 411 g/mol. The van der Waals surface area contributed by atoms with Crippen molar-refractivity contribution < 1.29 is 9.53 Å². The lowest BCUT2D eigenvalue weighted by Gasteiger charge is -2.14. The maximum Gasteiger partial charge on any atom is 0.262 e. The van der Waals surface area contributed by atoms with Crippen LogP contribution in [0.4, 0.5) is 0 Å². The topological polar surface area (TPSA) is 73.2 Å². The fourth-order valence-electron chi connectivity index (χ4n) is 2.90. The fourth-order valence-corrected chi connectivity index (χ4v) is 3.88. The van der Waals surface area contributed by atoms with E-state index < -0.39 is 0 Å². The molecule has 1 heterocycles. The van der Waals surface area contributed by atoms with Crippen molar-refractivity contribution in [1.82, 2.24) is 14.9 Å². The molecule has 0 radical (unpaired) electrons. The number of hydrogen-bond donors (Lipinski definition) is 1. The third-order valence-electron chi connectivity index (χ3n) is 4.33. The summed E-state index contributed by atoms with van der Waals surface area (Å²) in [5, 5.41) is 3.97. The molecule has 0 saturated heterocycles. The lowest BCUT2D eigenvalue weighted by atomic mass is 10.1. The summed E-state index contributed by atoms with van der Waals surface area (Å²) in [7, 11) is 1.61. The van der Waals surface area contributed by atoms with Gasteiger partial charge < -0.3 is 10.1 Å². The molecule has 6 nitrogen and oxygen atoms in total. The molecule has 0 spiro atoms. The van der Waals surface area contributed by atoms with E-state index in [4.69, 9.17) is 9.72 Å². The molecule has 7 heteroatoms. The average molecular weight is 412 g/mol. The van der Waals surface area contributed by atoms with E-state index in [-0.39, 0.29) is 17.5 Å². The molecule has 1 aromatic heterocycles. The Balaban J connectivity index is 2.00. The lowest BCUT2D eigenvalue weighted by Crippen LogP contribution is -2.30. The second-order valence-electron chi connectivity index (χ2n) is 6.98. The van der Waals surface area contributed by atoms with Gasteiger partial charge in [-0.15, -0.1) is 0 Å². The highest BCUT2D eigenvalue weighted by atomic mass is 32.2. The minimum absolute atomic E-state index is 0.0326. The summed E-state index contributed by atoms with van der Waals surface area (Å²) in [4.78, 5) is 30.1. The van der Waals surface area contributed by atoms with Gasteiger partial charge in [-0.05, 0) is 37.6 Å². The third kappa shape index (κ3) is 5.25. The predicted octanol–water partition coefficient (Wildman–Crippen LogP) is 3.47. The summed E-state index contributed by atoms with van der Waals surface area (Å²) in [6.45, 7) is 4.65. The number of nitrogens with zero attached hydrogens (tertiary/aromatic N) is 2. The first kappa shape index (κ1) is 21.1. The van der Waals surface area contributed by atoms with Crippen molar-refractivity contribution in [3.63, 3.8) is 0 Å². The fraction of sp³-hybridized carbons (Fsp3) is 0.318. The minimum Gasteiger partial charge on any atom is -0.383 e. The molecular formula is C22H25N3O3S. The molecule has 0 bridgehead atoms. The smallest absolute Gasteiger partial charge is 0.262 e. The number of thioether (sulfide) groups is 1. The number of hydrogen-bond acceptors (Lipinski definition) is 5. The van der Waals surface area contributed by atoms with Crippen molar-refractivity contribution in [2.75, 3.05) is 13.7 Å². The van der Waals surface area contributed by atoms with Gasteiger partial charge in [-0.1, -0.05) is 42.1 Å². The zero-order chi connectivity index (χ0) is 20.8. The van der Waals surface area contributed by atoms with Crippen LogP contribution in [0.5, 0.6) is 0 Å². The summed E-state index contributed by atoms with van der Waals surface area (Å²) < 4.78 is 6.81. The summed E-state index contributed by atoms with van der Waals surface area (Å²) in [6, 6.07) is 15.1. The number of fused-ring (bicyclic) bond motifs is 1. The van der Waals surface area contributed by atoms with Gasteiger partial charge in [-0.2, -0.15) is 0 Å². The Morgan fingerprint density at radius 2 is 1.97 bits per heavy atom. The molecule has 0 aliphatic carbocycles. The highest BCUT2D eigenvalue weighted by Gasteiger charge is 2.14. The van der Waals surface area contributed by atoms with Crippen LogP contribution in [0.1, 0.15) is 29.8 Å². The van der Waals surface area contributed by atoms with Gasteiger partial charge in [0.15, 0.2) is 5.16 Å². The van der Waals surface area contributed by atoms with Crippen molar-refractivity contribution >= 4 is 28.6 Å². The van der Waals surface area contributed by atoms with Crippen molar-refractivity contribution in [2.45, 2.75) is 37.3 Å². The Morgan fingerprint density at radius 3 is 2.66 bits per heavy atom. The van der Waals surface area contributed by atoms with E-state index in [1.165, 1.54) is 11.8 Å². The van der Waals surface area contributed by atoms with E-state index in [0.29, 0.717) is 40.5 Å². The maximum atomic E-state index is 13.1. The number of nitrogens with one attached hydrogen (secondary N) is 1. The number of carbonyl (C=O) groups excluding carboxylic acids is 1. The normalized spacial score (nSPS) is 11.2. The molecule has 0 fully saturated rings. The van der Waals surface area contributed by atoms with Crippen molar-refractivity contribution in [1.29, 1.82) is 0 Å². The van der Waals surface area contributed by atoms with E-state index in [0.717, 1.165) is 5.56 Å². The first-order valence-corrected chi connectivity index (χ1v) is 10.5. The van der Waals surface area contributed by atoms with Gasteiger partial charge in [-0.3, -0.25) is 14.2 Å². The largest absolute Gasteiger partial charge is 0.383 e. The highest BCUT2D eigenvalue weighted by molar-refractivity contribution is 7.98. The van der Waals surface area contributed by atoms with Crippen LogP contribution in [-0.4, -0.2) is 35.2 Å². The van der Waals surface area contributed by atoms with Crippen LogP contribution in [0.3, 0.4) is 0 Å². The van der Waals surface area contributed by atoms with Gasteiger partial charge in [0.1, 0.15) is 0 Å². The Kier molecular flexibility index (Phi) is 7.06. The molecule has 1 N–H and O–H groups in total. The molecular weight excluding hydrogens is 386 g/mol. The Hall–Kier alpha value is -2.64. The quantitative estimate of drug-likeness (QED) is 0.454. The van der Waals surface area contributed by atoms with E-state index in [2.05, 4.69) is 5.32 Å². The lowest BCUT2D eigenvalue weighted by molar-refractivity contribution is 0.0943. The van der Waals surface area contributed by atoms with Crippen LogP contribution in [0.2, 0.25) is 0 Å². The molecule has 0 unspecified atom stereocenters. The summed E-state index contributed by atoms with van der Waals surface area (Å²) in [5.41, 5.74) is 2.04. The predicted molar refractivity (Wildman–Crippen MR) is 116 cm³/mol. The number of methoxy groups -OCH3 is 1. The number of amides is 1. The molecule has 2 aromatic carbocycles. The van der Waals surface area contributed by atoms with E-state index in [9.17, 15) is 9.59 Å². The van der Waals surface area contributed by atoms with E-state index in [1.54, 1.807) is 29.9 Å². The molecule has 3 rings (SSSR count). The number of ether oxygens (including phenoxy) is 1. The van der Waals surface area contributed by atoms with Crippen molar-refractivity contribution in [2.24, 2.45) is 0 Å². The van der Waals surface area contributed by atoms with Crippen LogP contribution in [0, 0.1) is 0 Å². The molecule has 0 saturated carbocycles. The van der Waals surface area contributed by atoms with Crippen LogP contribution >= 0.6 is 11.8 Å². The van der Waals surface area contributed by atoms with Gasteiger partial charge in [-0.25, -0.2) is 4.98 Å². The van der Waals surface area contributed by atoms with Crippen LogP contribution in [0.25, 0.3) is 10.9 Å². The van der Waals surface area contributed by atoms with Crippen LogP contribution < -0.4 is 10.9 Å². The minimum atomic E-state index is -0.175. The Morgan fingerprint density at radius 1 is 1.21 bits per heavy atom. The zero-order valence-electron chi connectivity index (χ0n) is 16.8. The molecule has 152 valence electrons. The summed E-state index contributed by atoms with van der Waals surface area (Å²) in [6.07, 6.45) is 0. The number of aromatic nitrogens is 2. The number of rotatable bonds is 8. The first-order chi connectivity index (χ1) is 14.0. The SMILES string of the molecule is COCCn1c(SCc2ccccc2)nc2cc(C(=O)NC(C)C)ccc2c1=O. The Bertz CT molecular complexity index is 1050. The standard InChI is InChI=1S/C22H25N3O3S/c1-15(2)23-20(26)17-9-10-18-19(13-17)24-22(25(21(18)27)11-12-28-3)29-14-16-7-5-4-6-8-16/h4-10,13,15H,11-12,14H2,1-3H3,(H,23,26). The van der Waals surface area contributed by atoms with Gasteiger partial charge in [0.05, 0.1) is 24.1 Å². The van der Waals surface area contributed by atoms with Gasteiger partial charge in [0.25, 0.3) is 11.5 Å².